The largest absolute Gasteiger partial charge is 0.323 e. The van der Waals surface area contributed by atoms with Crippen molar-refractivity contribution in [1.29, 1.82) is 5.26 Å². The van der Waals surface area contributed by atoms with E-state index < -0.39 is 6.03 Å². The molecule has 0 radical (unpaired) electrons. The van der Waals surface area contributed by atoms with Crippen LogP contribution < -0.4 is 10.6 Å². The van der Waals surface area contributed by atoms with Crippen LogP contribution in [-0.2, 0) is 0 Å². The van der Waals surface area contributed by atoms with Crippen molar-refractivity contribution < 1.29 is 14.4 Å². The highest BCUT2D eigenvalue weighted by Crippen LogP contribution is 2.32. The number of hydrogen-bond donors (Lipinski definition) is 2. The van der Waals surface area contributed by atoms with E-state index in [2.05, 4.69) is 10.6 Å². The lowest BCUT2D eigenvalue weighted by Crippen LogP contribution is -2.40. The number of urea groups is 1. The summed E-state index contributed by atoms with van der Waals surface area (Å²) in [5.74, 6) is -0.549. The molecule has 1 saturated carbocycles. The molecule has 2 aliphatic rings. The molecule has 1 aliphatic heterocycles. The number of carbonyl (C=O) groups is 3. The lowest BCUT2D eigenvalue weighted by Gasteiger charge is -2.29. The predicted octanol–water partition coefficient (Wildman–Crippen LogP) is 4.13. The van der Waals surface area contributed by atoms with Crippen LogP contribution in [-0.4, -0.2) is 28.8 Å². The second kappa shape index (κ2) is 7.76. The molecule has 0 saturated heterocycles. The van der Waals surface area contributed by atoms with Crippen LogP contribution in [0.2, 0.25) is 0 Å². The first-order valence-electron chi connectivity index (χ1n) is 9.67. The minimum atomic E-state index is -0.534. The van der Waals surface area contributed by atoms with Gasteiger partial charge in [0.1, 0.15) is 6.07 Å². The van der Waals surface area contributed by atoms with Crippen LogP contribution in [0.3, 0.4) is 0 Å². The zero-order valence-corrected chi connectivity index (χ0v) is 15.8. The summed E-state index contributed by atoms with van der Waals surface area (Å²) in [6, 6.07) is 12.8. The topological polar surface area (TPSA) is 102 Å². The fraction of sp³-hybridized carbons (Fsp3) is 0.273. The second-order valence-electron chi connectivity index (χ2n) is 7.27. The molecule has 4 amide bonds. The highest BCUT2D eigenvalue weighted by molar-refractivity contribution is 6.22. The Morgan fingerprint density at radius 3 is 2.45 bits per heavy atom. The van der Waals surface area contributed by atoms with Crippen LogP contribution in [0.25, 0.3) is 0 Å². The van der Waals surface area contributed by atoms with Gasteiger partial charge in [-0.05, 0) is 43.2 Å². The monoisotopic (exact) mass is 388 g/mol. The Labute approximate surface area is 168 Å². The normalized spacial score (nSPS) is 16.3. The molecule has 4 rings (SSSR count). The number of nitrogens with zero attached hydrogens (tertiary/aromatic N) is 2. The van der Waals surface area contributed by atoms with Crippen molar-refractivity contribution >= 4 is 29.2 Å². The minimum absolute atomic E-state index is 0.0432. The Bertz CT molecular complexity index is 1030. The molecule has 0 unspecified atom stereocenters. The van der Waals surface area contributed by atoms with Gasteiger partial charge in [-0.1, -0.05) is 31.4 Å². The maximum absolute atomic E-state index is 12.9. The number of benzene rings is 2. The zero-order chi connectivity index (χ0) is 20.4. The summed E-state index contributed by atoms with van der Waals surface area (Å²) < 4.78 is 0. The molecule has 0 atom stereocenters. The molecule has 2 aromatic rings. The van der Waals surface area contributed by atoms with E-state index in [1.54, 1.807) is 36.4 Å². The molecule has 7 nitrogen and oxygen atoms in total. The average molecular weight is 388 g/mol. The molecular formula is C22H20N4O3. The van der Waals surface area contributed by atoms with E-state index in [9.17, 15) is 14.4 Å². The molecule has 0 spiro atoms. The number of hydrogen-bond acceptors (Lipinski definition) is 4. The summed E-state index contributed by atoms with van der Waals surface area (Å²) in [4.78, 5) is 39.3. The Morgan fingerprint density at radius 2 is 1.69 bits per heavy atom. The van der Waals surface area contributed by atoms with E-state index in [1.165, 1.54) is 11.0 Å². The summed E-state index contributed by atoms with van der Waals surface area (Å²) in [7, 11) is 0. The van der Waals surface area contributed by atoms with Crippen molar-refractivity contribution in [3.05, 3.63) is 59.2 Å². The fourth-order valence-electron chi connectivity index (χ4n) is 3.98. The Morgan fingerprint density at radius 1 is 0.966 bits per heavy atom. The van der Waals surface area contributed by atoms with Crippen LogP contribution in [0.1, 0.15) is 58.4 Å². The van der Waals surface area contributed by atoms with E-state index >= 15 is 0 Å². The third kappa shape index (κ3) is 3.57. The Kier molecular flexibility index (Phi) is 5.00. The van der Waals surface area contributed by atoms with Gasteiger partial charge in [0, 0.05) is 11.7 Å². The third-order valence-electron chi connectivity index (χ3n) is 5.41. The zero-order valence-electron chi connectivity index (χ0n) is 15.8. The van der Waals surface area contributed by atoms with E-state index in [4.69, 9.17) is 5.26 Å². The number of fused-ring (bicyclic) bond motifs is 1. The molecule has 29 heavy (non-hydrogen) atoms. The van der Waals surface area contributed by atoms with Gasteiger partial charge in [0.25, 0.3) is 11.8 Å². The van der Waals surface area contributed by atoms with Crippen LogP contribution in [0.5, 0.6) is 0 Å². The SMILES string of the molecule is N#Cc1ccccc1NC(=O)Nc1ccc2c(c1)C(=O)N(C1CCCCC1)C2=O. The lowest BCUT2D eigenvalue weighted by atomic mass is 9.94. The van der Waals surface area contributed by atoms with Gasteiger partial charge < -0.3 is 10.6 Å². The smallest absolute Gasteiger partial charge is 0.308 e. The molecular weight excluding hydrogens is 368 g/mol. The van der Waals surface area contributed by atoms with Crippen molar-refractivity contribution in [3.63, 3.8) is 0 Å². The molecule has 2 aromatic carbocycles. The van der Waals surface area contributed by atoms with Gasteiger partial charge in [0.05, 0.1) is 22.4 Å². The van der Waals surface area contributed by atoms with Gasteiger partial charge in [0.15, 0.2) is 0 Å². The number of para-hydroxylation sites is 1. The summed E-state index contributed by atoms with van der Waals surface area (Å²) >= 11 is 0. The van der Waals surface area contributed by atoms with Gasteiger partial charge in [-0.25, -0.2) is 4.79 Å². The quantitative estimate of drug-likeness (QED) is 0.772. The second-order valence-corrected chi connectivity index (χ2v) is 7.27. The summed E-state index contributed by atoms with van der Waals surface area (Å²) in [6.07, 6.45) is 4.87. The van der Waals surface area contributed by atoms with Crippen LogP contribution >= 0.6 is 0 Å². The minimum Gasteiger partial charge on any atom is -0.308 e. The fourth-order valence-corrected chi connectivity index (χ4v) is 3.98. The van der Waals surface area contributed by atoms with Crippen molar-refractivity contribution in [2.75, 3.05) is 10.6 Å². The highest BCUT2D eigenvalue weighted by atomic mass is 16.2. The van der Waals surface area contributed by atoms with E-state index in [0.717, 1.165) is 32.1 Å². The molecule has 1 fully saturated rings. The number of nitriles is 1. The number of anilines is 2. The molecule has 1 heterocycles. The van der Waals surface area contributed by atoms with Gasteiger partial charge in [-0.15, -0.1) is 0 Å². The van der Waals surface area contributed by atoms with Crippen molar-refractivity contribution in [3.8, 4) is 6.07 Å². The Hall–Kier alpha value is -3.66. The van der Waals surface area contributed by atoms with Gasteiger partial charge >= 0.3 is 6.03 Å². The molecule has 0 bridgehead atoms. The van der Waals surface area contributed by atoms with Crippen molar-refractivity contribution in [2.45, 2.75) is 38.1 Å². The van der Waals surface area contributed by atoms with Gasteiger partial charge in [0.2, 0.25) is 0 Å². The number of rotatable bonds is 3. The predicted molar refractivity (Wildman–Crippen MR) is 108 cm³/mol. The van der Waals surface area contributed by atoms with E-state index in [0.29, 0.717) is 28.1 Å². The van der Waals surface area contributed by atoms with Crippen molar-refractivity contribution in [2.24, 2.45) is 0 Å². The first-order valence-corrected chi connectivity index (χ1v) is 9.67. The maximum atomic E-state index is 12.9. The number of nitrogens with one attached hydrogen (secondary N) is 2. The summed E-state index contributed by atoms with van der Waals surface area (Å²) in [5.41, 5.74) is 1.84. The van der Waals surface area contributed by atoms with Crippen molar-refractivity contribution in [1.82, 2.24) is 4.90 Å². The number of carbonyl (C=O) groups excluding carboxylic acids is 3. The van der Waals surface area contributed by atoms with Gasteiger partial charge in [-0.3, -0.25) is 14.5 Å². The summed E-state index contributed by atoms with van der Waals surface area (Å²) in [5, 5.41) is 14.4. The standard InChI is InChI=1S/C22H20N4O3/c23-13-14-6-4-5-9-19(14)25-22(29)24-15-10-11-17-18(12-15)21(28)26(20(17)27)16-7-2-1-3-8-16/h4-6,9-12,16H,1-3,7-8H2,(H2,24,25,29). The molecule has 7 heteroatoms. The molecule has 1 aliphatic carbocycles. The van der Waals surface area contributed by atoms with Crippen LogP contribution in [0, 0.1) is 11.3 Å². The molecule has 146 valence electrons. The van der Waals surface area contributed by atoms with Crippen LogP contribution in [0.15, 0.2) is 42.5 Å². The first kappa shape index (κ1) is 18.7. The number of imide groups is 1. The maximum Gasteiger partial charge on any atom is 0.323 e. The van der Waals surface area contributed by atoms with Crippen LogP contribution in [0.4, 0.5) is 16.2 Å². The third-order valence-corrected chi connectivity index (χ3v) is 5.41. The molecule has 2 N–H and O–H groups in total. The highest BCUT2D eigenvalue weighted by Gasteiger charge is 2.40. The van der Waals surface area contributed by atoms with E-state index in [1.807, 2.05) is 6.07 Å². The Balaban J connectivity index is 1.50. The number of amides is 4. The summed E-state index contributed by atoms with van der Waals surface area (Å²) in [6.45, 7) is 0. The van der Waals surface area contributed by atoms with E-state index in [-0.39, 0.29) is 17.9 Å². The lowest BCUT2D eigenvalue weighted by molar-refractivity contribution is 0.0549. The molecule has 0 aromatic heterocycles. The first-order chi connectivity index (χ1) is 14.1. The average Bonchev–Trinajstić information content (AvgIpc) is 2.99. The van der Waals surface area contributed by atoms with Gasteiger partial charge in [-0.2, -0.15) is 5.26 Å².